The van der Waals surface area contributed by atoms with Crippen molar-refractivity contribution >= 4 is 5.91 Å². The number of hydrogen-bond donors (Lipinski definition) is 1. The molecule has 5 nitrogen and oxygen atoms in total. The maximum absolute atomic E-state index is 14.0. The number of ether oxygens (including phenoxy) is 1. The lowest BCUT2D eigenvalue weighted by Gasteiger charge is -2.17. The molecule has 0 spiro atoms. The number of nitrogens with one attached hydrogen (secondary N) is 1. The average molecular weight is 337 g/mol. The Morgan fingerprint density at radius 2 is 2.04 bits per heavy atom. The van der Waals surface area contributed by atoms with Crippen LogP contribution in [0.25, 0.3) is 0 Å². The fourth-order valence-corrected chi connectivity index (χ4v) is 2.90. The Kier molecular flexibility index (Phi) is 5.21. The van der Waals surface area contributed by atoms with Crippen LogP contribution in [0.4, 0.5) is 8.78 Å². The zero-order chi connectivity index (χ0) is 18.0. The van der Waals surface area contributed by atoms with Crippen LogP contribution in [0.2, 0.25) is 0 Å². The summed E-state index contributed by atoms with van der Waals surface area (Å²) in [5, 5.41) is 7.10. The van der Waals surface area contributed by atoms with E-state index in [-0.39, 0.29) is 5.75 Å². The molecule has 1 aromatic carbocycles. The molecule has 0 saturated heterocycles. The van der Waals surface area contributed by atoms with Gasteiger partial charge in [-0.3, -0.25) is 9.48 Å². The predicted octanol–water partition coefficient (Wildman–Crippen LogP) is 3.30. The average Bonchev–Trinajstić information content (AvgIpc) is 2.83. The summed E-state index contributed by atoms with van der Waals surface area (Å²) in [5.74, 6) is -3.08. The maximum Gasteiger partial charge on any atom is 0.258 e. The number of halogens is 2. The van der Waals surface area contributed by atoms with Gasteiger partial charge < -0.3 is 10.1 Å². The lowest BCUT2D eigenvalue weighted by Crippen LogP contribution is -2.29. The van der Waals surface area contributed by atoms with Crippen LogP contribution in [-0.4, -0.2) is 22.8 Å². The first-order valence-corrected chi connectivity index (χ1v) is 7.68. The molecule has 2 rings (SSSR count). The Morgan fingerprint density at radius 1 is 1.38 bits per heavy atom. The quantitative estimate of drug-likeness (QED) is 0.911. The molecule has 130 valence electrons. The minimum Gasteiger partial charge on any atom is -0.496 e. The van der Waals surface area contributed by atoms with Gasteiger partial charge in [-0.25, -0.2) is 8.78 Å². The van der Waals surface area contributed by atoms with Gasteiger partial charge in [0.2, 0.25) is 0 Å². The number of carbonyl (C=O) groups is 1. The van der Waals surface area contributed by atoms with E-state index in [1.807, 2.05) is 25.5 Å². The number of methoxy groups -OCH3 is 1. The van der Waals surface area contributed by atoms with Crippen LogP contribution >= 0.6 is 0 Å². The van der Waals surface area contributed by atoms with Crippen molar-refractivity contribution in [1.82, 2.24) is 15.1 Å². The standard InChI is InChI=1S/C17H21F2N3O2/c1-6-22-11(4)14(10(3)21-22)9(2)20-17(23)15-13(24-5)8-7-12(18)16(15)19/h7-9H,6H2,1-5H3,(H,20,23). The zero-order valence-electron chi connectivity index (χ0n) is 14.4. The second kappa shape index (κ2) is 6.98. The first-order chi connectivity index (χ1) is 11.3. The summed E-state index contributed by atoms with van der Waals surface area (Å²) >= 11 is 0. The summed E-state index contributed by atoms with van der Waals surface area (Å²) in [6.07, 6.45) is 0. The Labute approximate surface area is 139 Å². The summed E-state index contributed by atoms with van der Waals surface area (Å²) in [7, 11) is 1.30. The zero-order valence-corrected chi connectivity index (χ0v) is 14.4. The summed E-state index contributed by atoms with van der Waals surface area (Å²) in [4.78, 5) is 12.5. The molecule has 0 fully saturated rings. The molecule has 24 heavy (non-hydrogen) atoms. The number of carbonyl (C=O) groups excluding carboxylic acids is 1. The van der Waals surface area contributed by atoms with Crippen molar-refractivity contribution in [3.8, 4) is 5.75 Å². The summed E-state index contributed by atoms with van der Waals surface area (Å²) in [6.45, 7) is 8.21. The van der Waals surface area contributed by atoms with Gasteiger partial charge in [0.05, 0.1) is 18.8 Å². The van der Waals surface area contributed by atoms with Crippen LogP contribution in [0.5, 0.6) is 5.75 Å². The number of hydrogen-bond acceptors (Lipinski definition) is 3. The van der Waals surface area contributed by atoms with E-state index >= 15 is 0 Å². The van der Waals surface area contributed by atoms with E-state index in [1.54, 1.807) is 6.92 Å². The van der Waals surface area contributed by atoms with Gasteiger partial charge in [0.15, 0.2) is 11.6 Å². The fourth-order valence-electron chi connectivity index (χ4n) is 2.90. The van der Waals surface area contributed by atoms with Crippen molar-refractivity contribution < 1.29 is 18.3 Å². The minimum atomic E-state index is -1.23. The number of aryl methyl sites for hydroxylation is 2. The van der Waals surface area contributed by atoms with E-state index in [0.717, 1.165) is 23.0 Å². The lowest BCUT2D eigenvalue weighted by atomic mass is 10.1. The van der Waals surface area contributed by atoms with Crippen molar-refractivity contribution in [1.29, 1.82) is 0 Å². The minimum absolute atomic E-state index is 0.0173. The summed E-state index contributed by atoms with van der Waals surface area (Å²) < 4.78 is 34.3. The molecular weight excluding hydrogens is 316 g/mol. The van der Waals surface area contributed by atoms with Gasteiger partial charge in [-0.15, -0.1) is 0 Å². The monoisotopic (exact) mass is 337 g/mol. The van der Waals surface area contributed by atoms with Crippen LogP contribution < -0.4 is 10.1 Å². The molecule has 0 radical (unpaired) electrons. The van der Waals surface area contributed by atoms with Crippen molar-refractivity contribution in [2.75, 3.05) is 7.11 Å². The number of benzene rings is 1. The van der Waals surface area contributed by atoms with Crippen molar-refractivity contribution in [3.05, 3.63) is 46.3 Å². The van der Waals surface area contributed by atoms with Gasteiger partial charge >= 0.3 is 0 Å². The molecule has 0 saturated carbocycles. The molecule has 0 aliphatic rings. The largest absolute Gasteiger partial charge is 0.496 e. The molecule has 0 aliphatic carbocycles. The van der Waals surface area contributed by atoms with Gasteiger partial charge in [-0.2, -0.15) is 5.10 Å². The third kappa shape index (κ3) is 3.11. The Balaban J connectivity index is 2.34. The van der Waals surface area contributed by atoms with Crippen LogP contribution in [0.1, 0.15) is 47.2 Å². The molecule has 1 amide bonds. The Morgan fingerprint density at radius 3 is 2.58 bits per heavy atom. The molecule has 1 N–H and O–H groups in total. The molecule has 0 aliphatic heterocycles. The molecule has 1 heterocycles. The molecule has 2 aromatic rings. The van der Waals surface area contributed by atoms with Crippen LogP contribution in [-0.2, 0) is 6.54 Å². The lowest BCUT2D eigenvalue weighted by molar-refractivity contribution is 0.0931. The van der Waals surface area contributed by atoms with Crippen LogP contribution in [0, 0.1) is 25.5 Å². The highest BCUT2D eigenvalue weighted by Crippen LogP contribution is 2.26. The van der Waals surface area contributed by atoms with Gasteiger partial charge in [0.25, 0.3) is 5.91 Å². The number of amides is 1. The second-order valence-corrected chi connectivity index (χ2v) is 5.53. The van der Waals surface area contributed by atoms with Crippen LogP contribution in [0.3, 0.4) is 0 Å². The Bertz CT molecular complexity index is 772. The van der Waals surface area contributed by atoms with Crippen molar-refractivity contribution in [2.24, 2.45) is 0 Å². The normalized spacial score (nSPS) is 12.1. The first kappa shape index (κ1) is 17.9. The highest BCUT2D eigenvalue weighted by molar-refractivity contribution is 5.97. The topological polar surface area (TPSA) is 56.2 Å². The van der Waals surface area contributed by atoms with E-state index in [0.29, 0.717) is 6.54 Å². The molecule has 7 heteroatoms. The second-order valence-electron chi connectivity index (χ2n) is 5.53. The van der Waals surface area contributed by atoms with Gasteiger partial charge in [0.1, 0.15) is 11.3 Å². The highest BCUT2D eigenvalue weighted by Gasteiger charge is 2.25. The SMILES string of the molecule is CCn1nc(C)c(C(C)NC(=O)c2c(OC)ccc(F)c2F)c1C. The van der Waals surface area contributed by atoms with E-state index < -0.39 is 29.1 Å². The number of rotatable bonds is 5. The Hall–Kier alpha value is -2.44. The predicted molar refractivity (Wildman–Crippen MR) is 86.2 cm³/mol. The summed E-state index contributed by atoms with van der Waals surface area (Å²) in [6, 6.07) is 1.74. The van der Waals surface area contributed by atoms with Crippen molar-refractivity contribution in [3.63, 3.8) is 0 Å². The molecule has 1 unspecified atom stereocenters. The van der Waals surface area contributed by atoms with E-state index in [4.69, 9.17) is 4.74 Å². The smallest absolute Gasteiger partial charge is 0.258 e. The third-order valence-corrected chi connectivity index (χ3v) is 4.02. The van der Waals surface area contributed by atoms with Gasteiger partial charge in [0, 0.05) is 17.8 Å². The first-order valence-electron chi connectivity index (χ1n) is 7.68. The molecule has 0 bridgehead atoms. The fraction of sp³-hybridized carbons (Fsp3) is 0.412. The van der Waals surface area contributed by atoms with E-state index in [2.05, 4.69) is 10.4 Å². The number of aromatic nitrogens is 2. The van der Waals surface area contributed by atoms with E-state index in [9.17, 15) is 13.6 Å². The number of nitrogens with zero attached hydrogens (tertiary/aromatic N) is 2. The summed E-state index contributed by atoms with van der Waals surface area (Å²) in [5.41, 5.74) is 2.13. The highest BCUT2D eigenvalue weighted by atomic mass is 19.2. The molecular formula is C17H21F2N3O2. The van der Waals surface area contributed by atoms with E-state index in [1.165, 1.54) is 13.2 Å². The van der Waals surface area contributed by atoms with Gasteiger partial charge in [-0.05, 0) is 39.8 Å². The third-order valence-electron chi connectivity index (χ3n) is 4.02. The van der Waals surface area contributed by atoms with Crippen LogP contribution in [0.15, 0.2) is 12.1 Å². The van der Waals surface area contributed by atoms with Crippen molar-refractivity contribution in [2.45, 2.75) is 40.3 Å². The maximum atomic E-state index is 14.0. The van der Waals surface area contributed by atoms with Gasteiger partial charge in [-0.1, -0.05) is 0 Å². The molecule has 1 aromatic heterocycles. The molecule has 1 atom stereocenters.